The second kappa shape index (κ2) is 10.8. The number of Topliss-reactive ketones (excluding diaryl/α,β-unsaturated/α-hetero) is 1. The van der Waals surface area contributed by atoms with E-state index in [2.05, 4.69) is 21.2 Å². The van der Waals surface area contributed by atoms with Crippen molar-refractivity contribution in [1.82, 2.24) is 5.32 Å². The first-order chi connectivity index (χ1) is 17.2. The number of nitrogens with one attached hydrogen (secondary N) is 1. The van der Waals surface area contributed by atoms with E-state index >= 15 is 0 Å². The van der Waals surface area contributed by atoms with E-state index in [1.165, 1.54) is 11.3 Å². The highest BCUT2D eigenvalue weighted by molar-refractivity contribution is 9.11. The van der Waals surface area contributed by atoms with Gasteiger partial charge in [-0.2, -0.15) is 8.42 Å². The number of rotatable bonds is 5. The fraction of sp³-hybridized carbons (Fsp3) is 0.760. The Morgan fingerprint density at radius 3 is 2.37 bits per heavy atom. The highest BCUT2D eigenvalue weighted by Gasteiger charge is 2.65. The molecule has 2 N–H and O–H groups in total. The Bertz CT molecular complexity index is 1280. The third-order valence-corrected chi connectivity index (χ3v) is 13.6. The molecule has 38 heavy (non-hydrogen) atoms. The summed E-state index contributed by atoms with van der Waals surface area (Å²) in [5.74, 6) is -0.561. The molecule has 3 aliphatic rings. The zero-order valence-electron chi connectivity index (χ0n) is 22.5. The Morgan fingerprint density at radius 1 is 1.24 bits per heavy atom. The molecule has 2 heterocycles. The van der Waals surface area contributed by atoms with Crippen molar-refractivity contribution in [3.63, 3.8) is 0 Å². The van der Waals surface area contributed by atoms with Crippen LogP contribution >= 0.6 is 27.3 Å². The lowest BCUT2D eigenvalue weighted by molar-refractivity contribution is -0.155. The highest BCUT2D eigenvalue weighted by Crippen LogP contribution is 2.64. The average Bonchev–Trinajstić information content (AvgIpc) is 3.28. The minimum Gasteiger partial charge on any atom is -0.460 e. The summed E-state index contributed by atoms with van der Waals surface area (Å²) in [7, 11) is -7.56. The van der Waals surface area contributed by atoms with E-state index < -0.39 is 47.4 Å². The number of fused-ring (bicyclic) bond motifs is 2. The molecule has 9 nitrogen and oxygen atoms in total. The number of carbonyl (C=O) groups excluding carboxylic acids is 2. The van der Waals surface area contributed by atoms with Crippen LogP contribution in [0.3, 0.4) is 0 Å². The van der Waals surface area contributed by atoms with Gasteiger partial charge in [-0.25, -0.2) is 8.42 Å². The van der Waals surface area contributed by atoms with E-state index in [4.69, 9.17) is 9.29 Å². The molecule has 1 aromatic rings. The van der Waals surface area contributed by atoms with E-state index in [0.717, 1.165) is 10.2 Å². The number of esters is 1. The second-order valence-corrected chi connectivity index (χ2v) is 18.4. The van der Waals surface area contributed by atoms with Crippen LogP contribution < -0.4 is 5.32 Å². The van der Waals surface area contributed by atoms with Gasteiger partial charge in [-0.05, 0) is 86.0 Å². The smallest absolute Gasteiger partial charge is 0.308 e. The first-order valence-corrected chi connectivity index (χ1v) is 17.5. The molecule has 1 saturated heterocycles. The van der Waals surface area contributed by atoms with Crippen LogP contribution in [-0.2, 0) is 39.0 Å². The predicted molar refractivity (Wildman–Crippen MR) is 150 cm³/mol. The summed E-state index contributed by atoms with van der Waals surface area (Å²) in [5.41, 5.74) is -1.76. The van der Waals surface area contributed by atoms with Crippen LogP contribution in [0.15, 0.2) is 15.9 Å². The number of carbonyl (C=O) groups is 2. The van der Waals surface area contributed by atoms with Gasteiger partial charge in [0.05, 0.1) is 27.1 Å². The summed E-state index contributed by atoms with van der Waals surface area (Å²) in [6.07, 6.45) is 2.18. The molecule has 2 aliphatic carbocycles. The quantitative estimate of drug-likeness (QED) is 0.354. The monoisotopic (exact) mass is 655 g/mol. The molecule has 0 amide bonds. The van der Waals surface area contributed by atoms with Crippen molar-refractivity contribution >= 4 is 59.0 Å². The molecule has 0 aromatic carbocycles. The van der Waals surface area contributed by atoms with Crippen molar-refractivity contribution in [2.75, 3.05) is 24.6 Å². The maximum atomic E-state index is 13.0. The van der Waals surface area contributed by atoms with Crippen molar-refractivity contribution in [1.29, 1.82) is 0 Å². The fourth-order valence-electron chi connectivity index (χ4n) is 6.12. The lowest BCUT2D eigenvalue weighted by atomic mass is 9.70. The molecular weight excluding hydrogens is 618 g/mol. The van der Waals surface area contributed by atoms with E-state index in [1.807, 2.05) is 19.9 Å². The number of hydrogen-bond donors (Lipinski definition) is 2. The molecule has 0 radical (unpaired) electrons. The van der Waals surface area contributed by atoms with Crippen LogP contribution in [-0.4, -0.2) is 63.3 Å². The van der Waals surface area contributed by atoms with Crippen LogP contribution in [0, 0.1) is 16.7 Å². The van der Waals surface area contributed by atoms with Gasteiger partial charge >= 0.3 is 5.97 Å². The van der Waals surface area contributed by atoms with Gasteiger partial charge in [-0.15, -0.1) is 11.3 Å². The molecular formula is C25H38BrNO8S3. The van der Waals surface area contributed by atoms with Crippen molar-refractivity contribution in [3.05, 3.63) is 20.8 Å². The first kappa shape index (κ1) is 31.7. The maximum absolute atomic E-state index is 13.0. The molecule has 1 aliphatic heterocycles. The molecule has 3 fully saturated rings. The zero-order valence-corrected chi connectivity index (χ0v) is 26.5. The third-order valence-electron chi connectivity index (χ3n) is 8.29. The lowest BCUT2D eigenvalue weighted by Crippen LogP contribution is -2.42. The summed E-state index contributed by atoms with van der Waals surface area (Å²) in [4.78, 5) is 25.0. The molecule has 13 heteroatoms. The molecule has 2 saturated carbocycles. The van der Waals surface area contributed by atoms with Gasteiger partial charge in [-0.3, -0.25) is 14.1 Å². The van der Waals surface area contributed by atoms with E-state index in [1.54, 1.807) is 26.8 Å². The number of hydrogen-bond acceptors (Lipinski definition) is 9. The summed E-state index contributed by atoms with van der Waals surface area (Å²) in [6, 6.07) is 3.62. The maximum Gasteiger partial charge on any atom is 0.308 e. The average molecular weight is 657 g/mol. The van der Waals surface area contributed by atoms with Gasteiger partial charge < -0.3 is 10.1 Å². The van der Waals surface area contributed by atoms with Crippen LogP contribution in [0.2, 0.25) is 0 Å². The Balaban J connectivity index is 0.000000230. The summed E-state index contributed by atoms with van der Waals surface area (Å²) < 4.78 is 62.0. The van der Waals surface area contributed by atoms with Crippen LogP contribution in [0.1, 0.15) is 71.6 Å². The minimum atomic E-state index is -4.08. The molecule has 4 rings (SSSR count). The van der Waals surface area contributed by atoms with E-state index in [-0.39, 0.29) is 29.3 Å². The number of thiophene rings is 1. The van der Waals surface area contributed by atoms with Gasteiger partial charge in [0.15, 0.2) is 9.84 Å². The Labute approximate surface area is 238 Å². The van der Waals surface area contributed by atoms with Crippen molar-refractivity contribution in [3.8, 4) is 0 Å². The Kier molecular flexibility index (Phi) is 9.04. The van der Waals surface area contributed by atoms with Gasteiger partial charge in [0.2, 0.25) is 0 Å². The molecule has 0 spiro atoms. The minimum absolute atomic E-state index is 0.0152. The largest absolute Gasteiger partial charge is 0.460 e. The zero-order chi connectivity index (χ0) is 28.8. The summed E-state index contributed by atoms with van der Waals surface area (Å²) in [6.45, 7) is 10.2. The van der Waals surface area contributed by atoms with Gasteiger partial charge in [0, 0.05) is 17.8 Å². The van der Waals surface area contributed by atoms with Gasteiger partial charge in [0.25, 0.3) is 10.1 Å². The Hall–Kier alpha value is -0.860. The normalized spacial score (nSPS) is 30.3. The van der Waals surface area contributed by atoms with Crippen molar-refractivity contribution in [2.45, 2.75) is 77.1 Å². The highest BCUT2D eigenvalue weighted by atomic mass is 79.9. The first-order valence-electron chi connectivity index (χ1n) is 12.6. The predicted octanol–water partition coefficient (Wildman–Crippen LogP) is 4.12. The Morgan fingerprint density at radius 2 is 1.89 bits per heavy atom. The van der Waals surface area contributed by atoms with E-state index in [9.17, 15) is 26.4 Å². The number of halogens is 1. The molecule has 1 unspecified atom stereocenters. The van der Waals surface area contributed by atoms with Gasteiger partial charge in [-0.1, -0.05) is 13.8 Å². The second-order valence-electron chi connectivity index (χ2n) is 12.1. The van der Waals surface area contributed by atoms with Gasteiger partial charge in [0.1, 0.15) is 16.1 Å². The molecule has 216 valence electrons. The molecule has 1 aromatic heterocycles. The van der Waals surface area contributed by atoms with Crippen molar-refractivity contribution < 1.29 is 35.7 Å². The molecule has 3 atom stereocenters. The summed E-state index contributed by atoms with van der Waals surface area (Å²) in [5, 5.41) is 3.12. The lowest BCUT2D eigenvalue weighted by Gasteiger charge is -2.35. The molecule has 2 bridgehead atoms. The van der Waals surface area contributed by atoms with Crippen LogP contribution in [0.25, 0.3) is 0 Å². The van der Waals surface area contributed by atoms with Crippen LogP contribution in [0.4, 0.5) is 0 Å². The number of sulfone groups is 1. The third kappa shape index (κ3) is 6.38. The SMILES string of the molecule is CC(C)(C)OC(=O)C[C@]1(c2ccc(Br)s2)CCNCCS1(=O)=O.CC1(C)C2CC[C@]1(CS(=O)(=O)O)C(=O)C2. The fourth-order valence-corrected chi connectivity index (χ4v) is 11.4. The standard InChI is InChI=1S/C15H22BrNO4S2.C10H16O4S/c1-14(2,3)21-13(18)10-15(11-4-5-12(16)22-11)6-7-17-8-9-23(15,19)20;1-9(2)7-3-4-10(9,8(11)5-7)6-15(12,13)14/h4-5,17H,6-10H2,1-3H3;7H,3-6H2,1-2H3,(H,12,13,14)/t15-;7?,10-/m00/s1. The van der Waals surface area contributed by atoms with Crippen molar-refractivity contribution in [2.24, 2.45) is 16.7 Å². The van der Waals surface area contributed by atoms with Crippen LogP contribution in [0.5, 0.6) is 0 Å². The summed E-state index contributed by atoms with van der Waals surface area (Å²) >= 11 is 4.75. The van der Waals surface area contributed by atoms with E-state index in [0.29, 0.717) is 37.2 Å². The number of ketones is 1. The number of ether oxygens (including phenoxy) is 1. The topological polar surface area (TPSA) is 144 Å².